The fourth-order valence-corrected chi connectivity index (χ4v) is 6.60. The molecule has 3 amide bonds. The maximum absolute atomic E-state index is 13.5. The number of anilines is 1. The molecule has 0 saturated carbocycles. The Kier molecular flexibility index (Phi) is 9.01. The number of likely N-dealkylation sites (N-methyl/N-ethyl adjacent to an activating group) is 1. The molecule has 41 heavy (non-hydrogen) atoms. The fraction of sp³-hybridized carbons (Fsp3) is 0.423. The van der Waals surface area contributed by atoms with Crippen LogP contribution in [0, 0.1) is 0 Å². The van der Waals surface area contributed by atoms with Gasteiger partial charge in [-0.1, -0.05) is 18.2 Å². The number of carbonyl (C=O) groups excluding carboxylic acids is 3. The Hall–Kier alpha value is -3.53. The third-order valence-corrected chi connectivity index (χ3v) is 9.05. The first-order valence-electron chi connectivity index (χ1n) is 12.7. The van der Waals surface area contributed by atoms with Gasteiger partial charge in [0.1, 0.15) is 11.5 Å². The molecule has 13 nitrogen and oxygen atoms in total. The van der Waals surface area contributed by atoms with Crippen LogP contribution in [0.15, 0.2) is 47.4 Å². The van der Waals surface area contributed by atoms with Crippen LogP contribution in [0.4, 0.5) is 5.69 Å². The SMILES string of the molecule is CN(C(=O)Cc1ccc2c(c1)NC(=O)CS2(=O)=O)[C@H](CN1CC[C@H](O)C1)c1cccc(OCC(=O)NS(C)(=O)=O)c1. The van der Waals surface area contributed by atoms with Gasteiger partial charge in [-0.3, -0.25) is 24.0 Å². The molecule has 0 aromatic heterocycles. The van der Waals surface area contributed by atoms with Gasteiger partial charge in [-0.2, -0.15) is 0 Å². The summed E-state index contributed by atoms with van der Waals surface area (Å²) in [6.07, 6.45) is 0.926. The van der Waals surface area contributed by atoms with Crippen molar-refractivity contribution in [1.29, 1.82) is 0 Å². The first-order valence-corrected chi connectivity index (χ1v) is 16.3. The summed E-state index contributed by atoms with van der Waals surface area (Å²) in [7, 11) is -5.84. The predicted molar refractivity (Wildman–Crippen MR) is 148 cm³/mol. The molecule has 1 saturated heterocycles. The van der Waals surface area contributed by atoms with E-state index in [0.29, 0.717) is 42.9 Å². The molecular formula is C26H32N4O9S2. The third-order valence-electron chi connectivity index (χ3n) is 6.78. The molecule has 2 aromatic carbocycles. The highest BCUT2D eigenvalue weighted by Gasteiger charge is 2.31. The van der Waals surface area contributed by atoms with E-state index in [4.69, 9.17) is 4.74 Å². The third kappa shape index (κ3) is 8.03. The monoisotopic (exact) mass is 608 g/mol. The van der Waals surface area contributed by atoms with Crippen LogP contribution in [0.2, 0.25) is 0 Å². The summed E-state index contributed by atoms with van der Waals surface area (Å²) in [5.74, 6) is -2.08. The number of hydrogen-bond donors (Lipinski definition) is 3. The van der Waals surface area contributed by atoms with E-state index >= 15 is 0 Å². The number of benzene rings is 2. The number of amides is 3. The van der Waals surface area contributed by atoms with Gasteiger partial charge in [0.05, 0.1) is 35.4 Å². The number of carbonyl (C=O) groups is 3. The minimum atomic E-state index is -3.74. The molecule has 2 heterocycles. The quantitative estimate of drug-likeness (QED) is 0.324. The molecule has 2 atom stereocenters. The number of hydrogen-bond acceptors (Lipinski definition) is 10. The van der Waals surface area contributed by atoms with E-state index in [9.17, 15) is 36.3 Å². The minimum absolute atomic E-state index is 0.00848. The fourth-order valence-electron chi connectivity index (χ4n) is 4.84. The van der Waals surface area contributed by atoms with Crippen LogP contribution in [0.25, 0.3) is 0 Å². The van der Waals surface area contributed by atoms with Gasteiger partial charge in [0.25, 0.3) is 5.91 Å². The number of sulfone groups is 1. The lowest BCUT2D eigenvalue weighted by atomic mass is 10.0. The first kappa shape index (κ1) is 30.4. The van der Waals surface area contributed by atoms with E-state index in [0.717, 1.165) is 6.26 Å². The summed E-state index contributed by atoms with van der Waals surface area (Å²) >= 11 is 0. The first-order chi connectivity index (χ1) is 19.2. The van der Waals surface area contributed by atoms with Crippen LogP contribution in [0.5, 0.6) is 5.75 Å². The zero-order chi connectivity index (χ0) is 29.9. The van der Waals surface area contributed by atoms with Gasteiger partial charge in [0, 0.05) is 26.7 Å². The molecule has 2 aliphatic rings. The highest BCUT2D eigenvalue weighted by atomic mass is 32.2. The number of nitrogens with zero attached hydrogens (tertiary/aromatic N) is 2. The van der Waals surface area contributed by atoms with Crippen LogP contribution >= 0.6 is 0 Å². The average molecular weight is 609 g/mol. The molecule has 3 N–H and O–H groups in total. The number of β-amino-alcohol motifs (C(OH)–C–C–N with tert-alkyl or cyclic N) is 1. The van der Waals surface area contributed by atoms with Crippen LogP contribution in [0.3, 0.4) is 0 Å². The lowest BCUT2D eigenvalue weighted by molar-refractivity contribution is -0.131. The zero-order valence-electron chi connectivity index (χ0n) is 22.6. The van der Waals surface area contributed by atoms with E-state index in [1.165, 1.54) is 12.1 Å². The molecule has 0 unspecified atom stereocenters. The Labute approximate surface area is 238 Å². The minimum Gasteiger partial charge on any atom is -0.484 e. The van der Waals surface area contributed by atoms with Gasteiger partial charge in [0.2, 0.25) is 21.8 Å². The van der Waals surface area contributed by atoms with Crippen molar-refractivity contribution in [3.8, 4) is 5.75 Å². The van der Waals surface area contributed by atoms with Crippen LogP contribution in [-0.2, 0) is 40.7 Å². The van der Waals surface area contributed by atoms with E-state index < -0.39 is 56.2 Å². The normalized spacial score (nSPS) is 19.1. The second kappa shape index (κ2) is 12.1. The lowest BCUT2D eigenvalue weighted by Crippen LogP contribution is -2.39. The predicted octanol–water partition coefficient (Wildman–Crippen LogP) is -0.324. The highest BCUT2D eigenvalue weighted by Crippen LogP contribution is 2.30. The van der Waals surface area contributed by atoms with E-state index in [-0.39, 0.29) is 22.9 Å². The average Bonchev–Trinajstić information content (AvgIpc) is 3.28. The van der Waals surface area contributed by atoms with Crippen LogP contribution in [0.1, 0.15) is 23.6 Å². The number of rotatable bonds is 10. The molecule has 15 heteroatoms. The maximum Gasteiger partial charge on any atom is 0.271 e. The topological polar surface area (TPSA) is 179 Å². The van der Waals surface area contributed by atoms with E-state index in [1.54, 1.807) is 42.3 Å². The standard InChI is InChI=1S/C26H32N4O9S2/c1-29(26(34)11-17-6-7-23-21(10-17)27-25(33)16-41(23,37)38)22(14-30-9-8-19(31)13-30)18-4-3-5-20(12-18)39-15-24(32)28-40(2,35)36/h3-7,10,12,19,22,31H,8-9,11,13-16H2,1-2H3,(H,27,33)(H,28,32)/t19-,22+/m0/s1. The van der Waals surface area contributed by atoms with E-state index in [2.05, 4.69) is 5.32 Å². The zero-order valence-corrected chi connectivity index (χ0v) is 24.2. The van der Waals surface area contributed by atoms with Crippen molar-refractivity contribution in [1.82, 2.24) is 14.5 Å². The number of nitrogens with one attached hydrogen (secondary N) is 2. The van der Waals surface area contributed by atoms with Gasteiger partial charge in [0.15, 0.2) is 16.4 Å². The Morgan fingerprint density at radius 1 is 1.24 bits per heavy atom. The Morgan fingerprint density at radius 2 is 2.00 bits per heavy atom. The maximum atomic E-state index is 13.5. The molecule has 222 valence electrons. The van der Waals surface area contributed by atoms with Crippen molar-refractivity contribution in [2.75, 3.05) is 50.6 Å². The lowest BCUT2D eigenvalue weighted by Gasteiger charge is -2.32. The highest BCUT2D eigenvalue weighted by molar-refractivity contribution is 7.92. The summed E-state index contributed by atoms with van der Waals surface area (Å²) in [6.45, 7) is 0.953. The molecule has 0 aliphatic carbocycles. The molecule has 0 bridgehead atoms. The molecule has 1 fully saturated rings. The van der Waals surface area contributed by atoms with Crippen molar-refractivity contribution in [2.24, 2.45) is 0 Å². The number of sulfonamides is 1. The molecule has 0 spiro atoms. The molecule has 0 radical (unpaired) electrons. The molecular weight excluding hydrogens is 576 g/mol. The van der Waals surface area contributed by atoms with Crippen LogP contribution < -0.4 is 14.8 Å². The number of fused-ring (bicyclic) bond motifs is 1. The second-order valence-electron chi connectivity index (χ2n) is 10.2. The summed E-state index contributed by atoms with van der Waals surface area (Å²) in [6, 6.07) is 10.7. The van der Waals surface area contributed by atoms with E-state index in [1.807, 2.05) is 9.62 Å². The van der Waals surface area contributed by atoms with Crippen LogP contribution in [-0.4, -0.2) is 101 Å². The van der Waals surface area contributed by atoms with Crippen molar-refractivity contribution >= 4 is 43.3 Å². The Balaban J connectivity index is 1.53. The van der Waals surface area contributed by atoms with Crippen molar-refractivity contribution < 1.29 is 41.1 Å². The Morgan fingerprint density at radius 3 is 2.68 bits per heavy atom. The molecule has 2 aromatic rings. The molecule has 4 rings (SSSR count). The summed E-state index contributed by atoms with van der Waals surface area (Å²) in [5, 5.41) is 12.6. The largest absolute Gasteiger partial charge is 0.484 e. The number of ether oxygens (including phenoxy) is 1. The smallest absolute Gasteiger partial charge is 0.271 e. The van der Waals surface area contributed by atoms with Gasteiger partial charge in [-0.25, -0.2) is 16.8 Å². The molecule has 2 aliphatic heterocycles. The van der Waals surface area contributed by atoms with Gasteiger partial charge in [-0.15, -0.1) is 0 Å². The number of aliphatic hydroxyl groups excluding tert-OH is 1. The second-order valence-corrected chi connectivity index (χ2v) is 13.9. The summed E-state index contributed by atoms with van der Waals surface area (Å²) in [5.41, 5.74) is 1.34. The van der Waals surface area contributed by atoms with Gasteiger partial charge >= 0.3 is 0 Å². The summed E-state index contributed by atoms with van der Waals surface area (Å²) < 4.78 is 54.5. The number of likely N-dealkylation sites (tertiary alicyclic amines) is 1. The van der Waals surface area contributed by atoms with Crippen molar-refractivity contribution in [3.63, 3.8) is 0 Å². The van der Waals surface area contributed by atoms with Gasteiger partial charge < -0.3 is 20.1 Å². The summed E-state index contributed by atoms with van der Waals surface area (Å²) in [4.78, 5) is 40.8. The van der Waals surface area contributed by atoms with Crippen molar-refractivity contribution in [2.45, 2.75) is 29.9 Å². The Bertz CT molecular complexity index is 1560. The number of aliphatic hydroxyl groups is 1. The van der Waals surface area contributed by atoms with Gasteiger partial charge in [-0.05, 0) is 41.8 Å². The van der Waals surface area contributed by atoms with Crippen molar-refractivity contribution in [3.05, 3.63) is 53.6 Å².